The molecule has 0 radical (unpaired) electrons. The molecule has 4 aromatic carbocycles. The zero-order valence-corrected chi connectivity index (χ0v) is 19.6. The molecular weight excluding hydrogens is 520 g/mol. The SMILES string of the molecule is O=C(N/N=C\c1ccc(OCc2ccc(Br)cc2)c(Br)c1)c1cccc2ccccc12. The number of nitrogens with one attached hydrogen (secondary N) is 1. The van der Waals surface area contributed by atoms with Gasteiger partial charge in [0, 0.05) is 10.0 Å². The Hall–Kier alpha value is -2.96. The summed E-state index contributed by atoms with van der Waals surface area (Å²) < 4.78 is 7.73. The normalized spacial score (nSPS) is 11.0. The largest absolute Gasteiger partial charge is 0.488 e. The van der Waals surface area contributed by atoms with Gasteiger partial charge in [0.15, 0.2) is 0 Å². The molecule has 0 fully saturated rings. The van der Waals surface area contributed by atoms with Crippen molar-refractivity contribution in [3.8, 4) is 5.75 Å². The standard InChI is InChI=1S/C25H18Br2N2O2/c26-20-11-8-17(9-12-20)16-31-24-13-10-18(14-23(24)27)15-28-29-25(30)22-7-3-5-19-4-1-2-6-21(19)22/h1-15H,16H2,(H,29,30)/b28-15-. The molecule has 0 saturated heterocycles. The fourth-order valence-electron chi connectivity index (χ4n) is 3.11. The molecule has 31 heavy (non-hydrogen) atoms. The smallest absolute Gasteiger partial charge is 0.271 e. The molecule has 1 amide bonds. The summed E-state index contributed by atoms with van der Waals surface area (Å²) >= 11 is 6.96. The number of carbonyl (C=O) groups excluding carboxylic acids is 1. The molecule has 0 unspecified atom stereocenters. The number of ether oxygens (including phenoxy) is 1. The molecule has 1 N–H and O–H groups in total. The van der Waals surface area contributed by atoms with Crippen LogP contribution in [-0.2, 0) is 6.61 Å². The second-order valence-electron chi connectivity index (χ2n) is 6.83. The molecule has 0 aliphatic heterocycles. The molecular formula is C25H18Br2N2O2. The van der Waals surface area contributed by atoms with Gasteiger partial charge >= 0.3 is 0 Å². The summed E-state index contributed by atoms with van der Waals surface area (Å²) in [4.78, 5) is 12.6. The van der Waals surface area contributed by atoms with Crippen molar-refractivity contribution in [1.82, 2.24) is 5.43 Å². The van der Waals surface area contributed by atoms with Gasteiger partial charge in [-0.15, -0.1) is 0 Å². The van der Waals surface area contributed by atoms with Crippen LogP contribution in [0.5, 0.6) is 5.75 Å². The van der Waals surface area contributed by atoms with Crippen LogP contribution in [0.4, 0.5) is 0 Å². The van der Waals surface area contributed by atoms with Crippen molar-refractivity contribution < 1.29 is 9.53 Å². The van der Waals surface area contributed by atoms with Crippen molar-refractivity contribution in [1.29, 1.82) is 0 Å². The summed E-state index contributed by atoms with van der Waals surface area (Å²) in [5, 5.41) is 6.02. The summed E-state index contributed by atoms with van der Waals surface area (Å²) in [7, 11) is 0. The molecule has 4 aromatic rings. The maximum absolute atomic E-state index is 12.6. The summed E-state index contributed by atoms with van der Waals surface area (Å²) in [5.41, 5.74) is 5.11. The molecule has 0 bridgehead atoms. The van der Waals surface area contributed by atoms with Crippen molar-refractivity contribution in [2.75, 3.05) is 0 Å². The van der Waals surface area contributed by atoms with Crippen LogP contribution in [-0.4, -0.2) is 12.1 Å². The van der Waals surface area contributed by atoms with E-state index in [1.165, 1.54) is 0 Å². The van der Waals surface area contributed by atoms with Crippen LogP contribution in [0.15, 0.2) is 99.0 Å². The first-order valence-corrected chi connectivity index (χ1v) is 11.2. The minimum absolute atomic E-state index is 0.249. The van der Waals surface area contributed by atoms with Gasteiger partial charge in [-0.05, 0) is 74.2 Å². The van der Waals surface area contributed by atoms with Crippen LogP contribution in [0, 0.1) is 0 Å². The van der Waals surface area contributed by atoms with E-state index >= 15 is 0 Å². The molecule has 0 atom stereocenters. The lowest BCUT2D eigenvalue weighted by atomic mass is 10.0. The Morgan fingerprint density at radius 2 is 1.71 bits per heavy atom. The molecule has 4 rings (SSSR count). The first-order chi connectivity index (χ1) is 15.1. The van der Waals surface area contributed by atoms with Crippen molar-refractivity contribution in [3.63, 3.8) is 0 Å². The average Bonchev–Trinajstić information content (AvgIpc) is 2.79. The quantitative estimate of drug-likeness (QED) is 0.219. The number of hydrogen-bond donors (Lipinski definition) is 1. The first kappa shape index (κ1) is 21.3. The maximum atomic E-state index is 12.6. The summed E-state index contributed by atoms with van der Waals surface area (Å²) in [6.45, 7) is 0.473. The van der Waals surface area contributed by atoms with Crippen LogP contribution < -0.4 is 10.2 Å². The van der Waals surface area contributed by atoms with Crippen LogP contribution in [0.1, 0.15) is 21.5 Å². The predicted octanol–water partition coefficient (Wildman–Crippen LogP) is 6.71. The third-order valence-corrected chi connectivity index (χ3v) is 5.83. The lowest BCUT2D eigenvalue weighted by molar-refractivity contribution is 0.0957. The number of carbonyl (C=O) groups is 1. The first-order valence-electron chi connectivity index (χ1n) is 9.58. The molecule has 0 aliphatic rings. The third kappa shape index (κ3) is 5.40. The molecule has 6 heteroatoms. The highest BCUT2D eigenvalue weighted by Crippen LogP contribution is 2.26. The molecule has 0 aliphatic carbocycles. The Balaban J connectivity index is 1.39. The second kappa shape index (κ2) is 9.90. The number of benzene rings is 4. The van der Waals surface area contributed by atoms with Crippen molar-refractivity contribution >= 4 is 54.8 Å². The van der Waals surface area contributed by atoms with Crippen LogP contribution in [0.2, 0.25) is 0 Å². The molecule has 4 nitrogen and oxygen atoms in total. The Bertz CT molecular complexity index is 1250. The number of halogens is 2. The summed E-state index contributed by atoms with van der Waals surface area (Å²) in [6.07, 6.45) is 1.60. The molecule has 154 valence electrons. The van der Waals surface area contributed by atoms with Crippen LogP contribution in [0.25, 0.3) is 10.8 Å². The van der Waals surface area contributed by atoms with Gasteiger partial charge in [-0.2, -0.15) is 5.10 Å². The predicted molar refractivity (Wildman–Crippen MR) is 132 cm³/mol. The third-order valence-electron chi connectivity index (χ3n) is 4.68. The van der Waals surface area contributed by atoms with E-state index in [0.717, 1.165) is 36.6 Å². The van der Waals surface area contributed by atoms with E-state index in [1.54, 1.807) is 12.3 Å². The fraction of sp³-hybridized carbons (Fsp3) is 0.0400. The van der Waals surface area contributed by atoms with E-state index in [4.69, 9.17) is 4.74 Å². The van der Waals surface area contributed by atoms with Crippen LogP contribution in [0.3, 0.4) is 0 Å². The molecule has 0 spiro atoms. The Kier molecular flexibility index (Phi) is 6.79. The van der Waals surface area contributed by atoms with Crippen LogP contribution >= 0.6 is 31.9 Å². The maximum Gasteiger partial charge on any atom is 0.271 e. The van der Waals surface area contributed by atoms with Gasteiger partial charge in [-0.25, -0.2) is 5.43 Å². The minimum Gasteiger partial charge on any atom is -0.488 e. The van der Waals surface area contributed by atoms with E-state index in [-0.39, 0.29) is 5.91 Å². The molecule has 0 heterocycles. The fourth-order valence-corrected chi connectivity index (χ4v) is 3.88. The highest BCUT2D eigenvalue weighted by atomic mass is 79.9. The number of rotatable bonds is 6. The Morgan fingerprint density at radius 3 is 2.52 bits per heavy atom. The second-order valence-corrected chi connectivity index (χ2v) is 8.60. The highest BCUT2D eigenvalue weighted by Gasteiger charge is 2.08. The number of amides is 1. The van der Waals surface area contributed by atoms with Gasteiger partial charge in [0.05, 0.1) is 10.7 Å². The van der Waals surface area contributed by atoms with E-state index in [1.807, 2.05) is 78.9 Å². The van der Waals surface area contributed by atoms with E-state index in [0.29, 0.717) is 12.2 Å². The molecule has 0 aromatic heterocycles. The highest BCUT2D eigenvalue weighted by molar-refractivity contribution is 9.10. The number of nitrogens with zero attached hydrogens (tertiary/aromatic N) is 1. The minimum atomic E-state index is -0.249. The van der Waals surface area contributed by atoms with Gasteiger partial charge in [0.2, 0.25) is 0 Å². The van der Waals surface area contributed by atoms with E-state index in [2.05, 4.69) is 42.4 Å². The van der Waals surface area contributed by atoms with Crippen molar-refractivity contribution in [2.45, 2.75) is 6.61 Å². The van der Waals surface area contributed by atoms with Gasteiger partial charge in [0.1, 0.15) is 12.4 Å². The lowest BCUT2D eigenvalue weighted by Crippen LogP contribution is -2.17. The Morgan fingerprint density at radius 1 is 0.935 bits per heavy atom. The van der Waals surface area contributed by atoms with Crippen molar-refractivity contribution in [2.24, 2.45) is 5.10 Å². The number of fused-ring (bicyclic) bond motifs is 1. The summed E-state index contributed by atoms with van der Waals surface area (Å²) in [6, 6.07) is 27.1. The number of hydrogen-bond acceptors (Lipinski definition) is 3. The lowest BCUT2D eigenvalue weighted by Gasteiger charge is -2.09. The zero-order valence-electron chi connectivity index (χ0n) is 16.4. The van der Waals surface area contributed by atoms with Gasteiger partial charge in [-0.3, -0.25) is 4.79 Å². The average molecular weight is 538 g/mol. The Labute approximate surface area is 197 Å². The summed E-state index contributed by atoms with van der Waals surface area (Å²) in [5.74, 6) is 0.487. The van der Waals surface area contributed by atoms with Gasteiger partial charge < -0.3 is 4.74 Å². The zero-order chi connectivity index (χ0) is 21.6. The monoisotopic (exact) mass is 536 g/mol. The topological polar surface area (TPSA) is 50.7 Å². The van der Waals surface area contributed by atoms with Gasteiger partial charge in [-0.1, -0.05) is 64.5 Å². The van der Waals surface area contributed by atoms with E-state index < -0.39 is 0 Å². The molecule has 0 saturated carbocycles. The van der Waals surface area contributed by atoms with Crippen molar-refractivity contribution in [3.05, 3.63) is 111 Å². The van der Waals surface area contributed by atoms with Gasteiger partial charge in [0.25, 0.3) is 5.91 Å². The number of hydrazone groups is 1. The van der Waals surface area contributed by atoms with E-state index in [9.17, 15) is 4.79 Å².